The van der Waals surface area contributed by atoms with Crippen LogP contribution in [0, 0.1) is 0 Å². The quantitative estimate of drug-likeness (QED) is 0.724. The van der Waals surface area contributed by atoms with Crippen LogP contribution in [0.25, 0.3) is 6.08 Å². The van der Waals surface area contributed by atoms with Gasteiger partial charge in [-0.1, -0.05) is 22.0 Å². The highest BCUT2D eigenvalue weighted by Gasteiger charge is 2.08. The topological polar surface area (TPSA) is 30.3 Å². The van der Waals surface area contributed by atoms with Gasteiger partial charge in [-0.15, -0.1) is 0 Å². The van der Waals surface area contributed by atoms with Gasteiger partial charge in [-0.05, 0) is 26.6 Å². The molecule has 0 fully saturated rings. The molecule has 4 nitrogen and oxygen atoms in total. The normalized spacial score (nSPS) is 11.6. The Kier molecular flexibility index (Phi) is 6.29. The van der Waals surface area contributed by atoms with E-state index in [0.717, 1.165) is 36.3 Å². The molecule has 0 bridgehead atoms. The Morgan fingerprint density at radius 2 is 2.29 bits per heavy atom. The smallest absolute Gasteiger partial charge is 0.164 e. The van der Waals surface area contributed by atoms with Crippen molar-refractivity contribution in [2.24, 2.45) is 0 Å². The van der Waals surface area contributed by atoms with Gasteiger partial charge in [0, 0.05) is 11.9 Å². The van der Waals surface area contributed by atoms with Crippen LogP contribution in [0.5, 0.6) is 5.75 Å². The summed E-state index contributed by atoms with van der Waals surface area (Å²) in [5.74, 6) is 0.828. The molecule has 0 aliphatic rings. The zero-order valence-electron chi connectivity index (χ0n) is 10.7. The standard InChI is InChI=1S/C12H20BrN3O/c1-15(2)8-9-16-11(6-4-5-7-13)12(17-3)10-14-16/h4,6,10H,5,7-9H2,1-3H3/b6-4+. The average molecular weight is 302 g/mol. The second-order valence-electron chi connectivity index (χ2n) is 4.00. The molecular weight excluding hydrogens is 282 g/mol. The summed E-state index contributed by atoms with van der Waals surface area (Å²) in [5, 5.41) is 5.31. The van der Waals surface area contributed by atoms with Crippen molar-refractivity contribution in [3.05, 3.63) is 18.0 Å². The maximum Gasteiger partial charge on any atom is 0.164 e. The molecule has 1 heterocycles. The third-order valence-electron chi connectivity index (χ3n) is 2.38. The van der Waals surface area contributed by atoms with E-state index in [1.54, 1.807) is 13.3 Å². The van der Waals surface area contributed by atoms with Crippen LogP contribution < -0.4 is 4.74 Å². The first kappa shape index (κ1) is 14.3. The SMILES string of the molecule is COc1cnn(CCN(C)C)c1/C=C/CCBr. The van der Waals surface area contributed by atoms with E-state index in [1.165, 1.54) is 0 Å². The molecule has 96 valence electrons. The molecule has 5 heteroatoms. The lowest BCUT2D eigenvalue weighted by molar-refractivity contribution is 0.370. The molecule has 1 aromatic heterocycles. The van der Waals surface area contributed by atoms with E-state index < -0.39 is 0 Å². The molecule has 0 saturated heterocycles. The Hall–Kier alpha value is -0.810. The van der Waals surface area contributed by atoms with E-state index in [9.17, 15) is 0 Å². The van der Waals surface area contributed by atoms with Gasteiger partial charge in [0.2, 0.25) is 0 Å². The van der Waals surface area contributed by atoms with Gasteiger partial charge in [0.25, 0.3) is 0 Å². The van der Waals surface area contributed by atoms with Crippen LogP contribution in [0.4, 0.5) is 0 Å². The zero-order chi connectivity index (χ0) is 12.7. The molecule has 1 aromatic rings. The predicted molar refractivity (Wildman–Crippen MR) is 74.8 cm³/mol. The summed E-state index contributed by atoms with van der Waals surface area (Å²) in [5.41, 5.74) is 1.04. The molecule has 0 radical (unpaired) electrons. The number of nitrogens with zero attached hydrogens (tertiary/aromatic N) is 3. The number of rotatable bonds is 7. The summed E-state index contributed by atoms with van der Waals surface area (Å²) < 4.78 is 7.28. The molecule has 17 heavy (non-hydrogen) atoms. The fraction of sp³-hybridized carbons (Fsp3) is 0.583. The number of aromatic nitrogens is 2. The van der Waals surface area contributed by atoms with Gasteiger partial charge in [0.05, 0.1) is 19.9 Å². The third kappa shape index (κ3) is 4.52. The van der Waals surface area contributed by atoms with Crippen LogP contribution in [0.1, 0.15) is 12.1 Å². The molecule has 0 spiro atoms. The number of halogens is 1. The van der Waals surface area contributed by atoms with Gasteiger partial charge in [-0.25, -0.2) is 0 Å². The molecule has 0 aliphatic carbocycles. The molecule has 0 atom stereocenters. The molecule has 0 saturated carbocycles. The summed E-state index contributed by atoms with van der Waals surface area (Å²) in [7, 11) is 5.79. The van der Waals surface area contributed by atoms with E-state index in [2.05, 4.69) is 52.2 Å². The Labute approximate surface area is 111 Å². The number of allylic oxidation sites excluding steroid dienone is 1. The van der Waals surface area contributed by atoms with Crippen molar-refractivity contribution < 1.29 is 4.74 Å². The summed E-state index contributed by atoms with van der Waals surface area (Å²) in [6.07, 6.45) is 6.97. The van der Waals surface area contributed by atoms with Crippen molar-refractivity contribution in [3.8, 4) is 5.75 Å². The Bertz CT molecular complexity index is 361. The lowest BCUT2D eigenvalue weighted by atomic mass is 10.3. The van der Waals surface area contributed by atoms with Crippen LogP contribution in [0.3, 0.4) is 0 Å². The number of methoxy groups -OCH3 is 1. The predicted octanol–water partition coefficient (Wildman–Crippen LogP) is 2.25. The summed E-state index contributed by atoms with van der Waals surface area (Å²) in [6.45, 7) is 1.83. The van der Waals surface area contributed by atoms with Crippen LogP contribution in [0.2, 0.25) is 0 Å². The van der Waals surface area contributed by atoms with Gasteiger partial charge < -0.3 is 9.64 Å². The minimum Gasteiger partial charge on any atom is -0.493 e. The highest BCUT2D eigenvalue weighted by atomic mass is 79.9. The van der Waals surface area contributed by atoms with Crippen LogP contribution >= 0.6 is 15.9 Å². The molecule has 0 aromatic carbocycles. The summed E-state index contributed by atoms with van der Waals surface area (Å²) in [6, 6.07) is 0. The van der Waals surface area contributed by atoms with E-state index >= 15 is 0 Å². The maximum absolute atomic E-state index is 5.30. The van der Waals surface area contributed by atoms with E-state index in [-0.39, 0.29) is 0 Å². The van der Waals surface area contributed by atoms with Crippen molar-refractivity contribution in [2.45, 2.75) is 13.0 Å². The second kappa shape index (κ2) is 7.50. The summed E-state index contributed by atoms with van der Waals surface area (Å²) in [4.78, 5) is 2.14. The van der Waals surface area contributed by atoms with Crippen molar-refractivity contribution in [1.82, 2.24) is 14.7 Å². The van der Waals surface area contributed by atoms with Crippen molar-refractivity contribution in [1.29, 1.82) is 0 Å². The first-order valence-corrected chi connectivity index (χ1v) is 6.78. The number of likely N-dealkylation sites (N-methyl/N-ethyl adjacent to an activating group) is 1. The van der Waals surface area contributed by atoms with Gasteiger partial charge in [-0.3, -0.25) is 4.68 Å². The molecule has 0 unspecified atom stereocenters. The van der Waals surface area contributed by atoms with Gasteiger partial charge in [0.1, 0.15) is 5.69 Å². The Balaban J connectivity index is 2.78. The van der Waals surface area contributed by atoms with E-state index in [4.69, 9.17) is 4.74 Å². The largest absolute Gasteiger partial charge is 0.493 e. The first-order valence-electron chi connectivity index (χ1n) is 5.66. The van der Waals surface area contributed by atoms with Gasteiger partial charge in [0.15, 0.2) is 5.75 Å². The average Bonchev–Trinajstić information content (AvgIpc) is 2.69. The monoisotopic (exact) mass is 301 g/mol. The molecule has 0 N–H and O–H groups in total. The first-order chi connectivity index (χ1) is 8.19. The highest BCUT2D eigenvalue weighted by Crippen LogP contribution is 2.19. The maximum atomic E-state index is 5.30. The Morgan fingerprint density at radius 1 is 1.53 bits per heavy atom. The van der Waals surface area contributed by atoms with Crippen LogP contribution in [-0.2, 0) is 6.54 Å². The third-order valence-corrected chi connectivity index (χ3v) is 2.83. The van der Waals surface area contributed by atoms with E-state index in [0.29, 0.717) is 0 Å². The van der Waals surface area contributed by atoms with Gasteiger partial charge >= 0.3 is 0 Å². The summed E-state index contributed by atoms with van der Waals surface area (Å²) >= 11 is 3.41. The minimum atomic E-state index is 0.828. The molecule has 0 amide bonds. The molecular formula is C12H20BrN3O. The highest BCUT2D eigenvalue weighted by molar-refractivity contribution is 9.09. The number of hydrogen-bond acceptors (Lipinski definition) is 3. The van der Waals surface area contributed by atoms with Crippen molar-refractivity contribution in [3.63, 3.8) is 0 Å². The van der Waals surface area contributed by atoms with Crippen LogP contribution in [0.15, 0.2) is 12.3 Å². The Morgan fingerprint density at radius 3 is 2.88 bits per heavy atom. The van der Waals surface area contributed by atoms with Crippen LogP contribution in [-0.4, -0.2) is 47.8 Å². The fourth-order valence-electron chi connectivity index (χ4n) is 1.43. The van der Waals surface area contributed by atoms with Gasteiger partial charge in [-0.2, -0.15) is 5.10 Å². The lowest BCUT2D eigenvalue weighted by Crippen LogP contribution is -2.19. The molecule has 0 aliphatic heterocycles. The number of hydrogen-bond donors (Lipinski definition) is 0. The zero-order valence-corrected chi connectivity index (χ0v) is 12.3. The minimum absolute atomic E-state index is 0.828. The van der Waals surface area contributed by atoms with Crippen molar-refractivity contribution >= 4 is 22.0 Å². The lowest BCUT2D eigenvalue weighted by Gasteiger charge is -2.10. The van der Waals surface area contributed by atoms with Crippen molar-refractivity contribution in [2.75, 3.05) is 33.1 Å². The number of ether oxygens (including phenoxy) is 1. The fourth-order valence-corrected chi connectivity index (χ4v) is 1.70. The second-order valence-corrected chi connectivity index (χ2v) is 4.80. The number of alkyl halides is 1. The van der Waals surface area contributed by atoms with E-state index in [1.807, 2.05) is 4.68 Å². The molecule has 1 rings (SSSR count).